The lowest BCUT2D eigenvalue weighted by Gasteiger charge is -2.23. The smallest absolute Gasteiger partial charge is 0.347 e. The van der Waals surface area contributed by atoms with E-state index in [0.29, 0.717) is 6.61 Å². The molecule has 0 saturated carbocycles. The maximum atomic E-state index is 12.3. The first-order valence-electron chi connectivity index (χ1n) is 11.1. The molecule has 0 bridgehead atoms. The lowest BCUT2D eigenvalue weighted by Crippen LogP contribution is -2.31. The van der Waals surface area contributed by atoms with Gasteiger partial charge in [-0.15, -0.1) is 6.58 Å². The molecule has 0 N–H and O–H groups in total. The third-order valence-electron chi connectivity index (χ3n) is 4.68. The van der Waals surface area contributed by atoms with Gasteiger partial charge in [0, 0.05) is 30.3 Å². The lowest BCUT2D eigenvalue weighted by atomic mass is 10.1. The number of carbonyl (C=O) groups is 1. The highest BCUT2D eigenvalue weighted by molar-refractivity contribution is 5.75. The van der Waals surface area contributed by atoms with E-state index >= 15 is 0 Å². The molecule has 0 aromatic heterocycles. The molecule has 4 heteroatoms. The van der Waals surface area contributed by atoms with Crippen molar-refractivity contribution in [3.05, 3.63) is 60.1 Å². The average Bonchev–Trinajstić information content (AvgIpc) is 3.07. The molecule has 1 aliphatic heterocycles. The fraction of sp³-hybridized carbons (Fsp3) is 0.577. The van der Waals surface area contributed by atoms with E-state index < -0.39 is 6.10 Å². The van der Waals surface area contributed by atoms with E-state index in [4.69, 9.17) is 9.47 Å². The van der Waals surface area contributed by atoms with Crippen LogP contribution in [0.5, 0.6) is 0 Å². The van der Waals surface area contributed by atoms with E-state index in [2.05, 4.69) is 51.0 Å². The molecule has 0 aromatic carbocycles. The van der Waals surface area contributed by atoms with E-state index in [0.717, 1.165) is 43.7 Å². The number of hydrogen-bond donors (Lipinski definition) is 0. The molecular formula is C26H43NO3. The first-order valence-corrected chi connectivity index (χ1v) is 11.1. The SMILES string of the molecule is C=C(CC)CCN1C/C(=C(\C=C/CC)OC(C(=O)OCC)C(C)C)C=C1C.C=CC. The summed E-state index contributed by atoms with van der Waals surface area (Å²) < 4.78 is 11.4. The standard InChI is InChI=1S/C23H37NO3.C3H6/c1-8-11-12-21(27-22(17(4)5)23(25)26-10-3)20-15-19(7)24(16-20)14-13-18(6)9-2;1-3-2/h11-12,15,17,22H,6,8-10,13-14,16H2,1-5,7H3;3H,1H2,2H3/b12-11-,21-20+;. The summed E-state index contributed by atoms with van der Waals surface area (Å²) in [4.78, 5) is 14.7. The molecule has 0 saturated heterocycles. The van der Waals surface area contributed by atoms with Crippen LogP contribution < -0.4 is 0 Å². The topological polar surface area (TPSA) is 38.8 Å². The fourth-order valence-corrected chi connectivity index (χ4v) is 2.86. The van der Waals surface area contributed by atoms with E-state index in [1.807, 2.05) is 33.8 Å². The molecule has 1 unspecified atom stereocenters. The Balaban J connectivity index is 0.00000263. The van der Waals surface area contributed by atoms with E-state index in [1.54, 1.807) is 6.08 Å². The molecule has 1 heterocycles. The molecule has 0 amide bonds. The van der Waals surface area contributed by atoms with Gasteiger partial charge in [0.05, 0.1) is 6.61 Å². The lowest BCUT2D eigenvalue weighted by molar-refractivity contribution is -0.156. The van der Waals surface area contributed by atoms with Crippen molar-refractivity contribution in [3.8, 4) is 0 Å². The molecule has 30 heavy (non-hydrogen) atoms. The Morgan fingerprint density at radius 2 is 1.93 bits per heavy atom. The highest BCUT2D eigenvalue weighted by Gasteiger charge is 2.28. The molecule has 4 nitrogen and oxygen atoms in total. The van der Waals surface area contributed by atoms with Crippen LogP contribution in [-0.4, -0.2) is 36.7 Å². The minimum absolute atomic E-state index is 0.0325. The molecule has 1 atom stereocenters. The van der Waals surface area contributed by atoms with Crippen LogP contribution in [0.2, 0.25) is 0 Å². The van der Waals surface area contributed by atoms with Crippen molar-refractivity contribution in [2.45, 2.75) is 73.8 Å². The molecule has 170 valence electrons. The number of hydrogen-bond acceptors (Lipinski definition) is 4. The molecule has 0 spiro atoms. The zero-order valence-electron chi connectivity index (χ0n) is 20.3. The number of carbonyl (C=O) groups excluding carboxylic acids is 1. The minimum Gasteiger partial charge on any atom is -0.478 e. The van der Waals surface area contributed by atoms with Crippen LogP contribution in [0.25, 0.3) is 0 Å². The first-order chi connectivity index (χ1) is 14.2. The highest BCUT2D eigenvalue weighted by Crippen LogP contribution is 2.26. The van der Waals surface area contributed by atoms with Crippen molar-refractivity contribution in [3.63, 3.8) is 0 Å². The Hall–Kier alpha value is -2.23. The van der Waals surface area contributed by atoms with Gasteiger partial charge in [0.1, 0.15) is 5.76 Å². The monoisotopic (exact) mass is 417 g/mol. The molecule has 0 radical (unpaired) electrons. The number of allylic oxidation sites excluding steroid dienone is 4. The predicted octanol–water partition coefficient (Wildman–Crippen LogP) is 6.58. The second-order valence-corrected chi connectivity index (χ2v) is 7.70. The number of nitrogens with zero attached hydrogens (tertiary/aromatic N) is 1. The largest absolute Gasteiger partial charge is 0.478 e. The summed E-state index contributed by atoms with van der Waals surface area (Å²) in [6.45, 7) is 23.6. The Bertz CT molecular complexity index is 641. The molecule has 1 rings (SSSR count). The zero-order valence-corrected chi connectivity index (χ0v) is 20.3. The molecular weight excluding hydrogens is 374 g/mol. The van der Waals surface area contributed by atoms with Crippen molar-refractivity contribution < 1.29 is 14.3 Å². The summed E-state index contributed by atoms with van der Waals surface area (Å²) in [5.41, 5.74) is 3.59. The summed E-state index contributed by atoms with van der Waals surface area (Å²) in [7, 11) is 0. The van der Waals surface area contributed by atoms with Crippen molar-refractivity contribution >= 4 is 5.97 Å². The average molecular weight is 418 g/mol. The zero-order chi connectivity index (χ0) is 23.1. The van der Waals surface area contributed by atoms with Gasteiger partial charge in [-0.25, -0.2) is 4.79 Å². The second kappa shape index (κ2) is 15.6. The number of rotatable bonds is 11. The van der Waals surface area contributed by atoms with Gasteiger partial charge in [-0.2, -0.15) is 0 Å². The van der Waals surface area contributed by atoms with Crippen LogP contribution in [-0.2, 0) is 14.3 Å². The summed E-state index contributed by atoms with van der Waals surface area (Å²) in [6, 6.07) is 0. The van der Waals surface area contributed by atoms with Crippen LogP contribution in [0.15, 0.2) is 60.1 Å². The van der Waals surface area contributed by atoms with Gasteiger partial charge in [0.25, 0.3) is 0 Å². The van der Waals surface area contributed by atoms with Gasteiger partial charge >= 0.3 is 5.97 Å². The third kappa shape index (κ3) is 10.00. The van der Waals surface area contributed by atoms with Gasteiger partial charge in [0.2, 0.25) is 0 Å². The molecule has 0 aromatic rings. The Kier molecular flexibility index (Phi) is 14.4. The van der Waals surface area contributed by atoms with Crippen molar-refractivity contribution in [2.24, 2.45) is 5.92 Å². The molecule has 1 aliphatic rings. The Labute approximate surface area is 185 Å². The molecule has 0 fully saturated rings. The number of esters is 1. The highest BCUT2D eigenvalue weighted by atomic mass is 16.6. The van der Waals surface area contributed by atoms with Gasteiger partial charge in [0.15, 0.2) is 6.10 Å². The number of ether oxygens (including phenoxy) is 2. The first kappa shape index (κ1) is 27.8. The minimum atomic E-state index is -0.600. The van der Waals surface area contributed by atoms with Crippen molar-refractivity contribution in [1.29, 1.82) is 0 Å². The van der Waals surface area contributed by atoms with Crippen LogP contribution in [0.3, 0.4) is 0 Å². The Morgan fingerprint density at radius 3 is 2.43 bits per heavy atom. The van der Waals surface area contributed by atoms with E-state index in [9.17, 15) is 4.79 Å². The van der Waals surface area contributed by atoms with Gasteiger partial charge in [-0.1, -0.05) is 52.0 Å². The van der Waals surface area contributed by atoms with E-state index in [1.165, 1.54) is 11.3 Å². The summed E-state index contributed by atoms with van der Waals surface area (Å²) >= 11 is 0. The van der Waals surface area contributed by atoms with Crippen LogP contribution in [0, 0.1) is 5.92 Å². The Morgan fingerprint density at radius 1 is 1.30 bits per heavy atom. The fourth-order valence-electron chi connectivity index (χ4n) is 2.86. The van der Waals surface area contributed by atoms with Gasteiger partial charge < -0.3 is 14.4 Å². The maximum Gasteiger partial charge on any atom is 0.347 e. The summed E-state index contributed by atoms with van der Waals surface area (Å²) in [5.74, 6) is 0.496. The van der Waals surface area contributed by atoms with E-state index in [-0.39, 0.29) is 11.9 Å². The van der Waals surface area contributed by atoms with Crippen molar-refractivity contribution in [1.82, 2.24) is 4.90 Å². The summed E-state index contributed by atoms with van der Waals surface area (Å²) in [5, 5.41) is 0. The normalized spacial score (nSPS) is 16.0. The van der Waals surface area contributed by atoms with Crippen LogP contribution >= 0.6 is 0 Å². The second-order valence-electron chi connectivity index (χ2n) is 7.70. The van der Waals surface area contributed by atoms with Crippen LogP contribution in [0.4, 0.5) is 0 Å². The van der Waals surface area contributed by atoms with Crippen molar-refractivity contribution in [2.75, 3.05) is 19.7 Å². The van der Waals surface area contributed by atoms with Crippen LogP contribution in [0.1, 0.15) is 67.7 Å². The predicted molar refractivity (Wildman–Crippen MR) is 128 cm³/mol. The molecule has 0 aliphatic carbocycles. The third-order valence-corrected chi connectivity index (χ3v) is 4.68. The quantitative estimate of drug-likeness (QED) is 0.216. The van der Waals surface area contributed by atoms with Gasteiger partial charge in [-0.05, 0) is 52.2 Å². The summed E-state index contributed by atoms with van der Waals surface area (Å²) in [6.07, 6.45) is 10.3. The van der Waals surface area contributed by atoms with Gasteiger partial charge in [-0.3, -0.25) is 0 Å². The maximum absolute atomic E-state index is 12.3.